The summed E-state index contributed by atoms with van der Waals surface area (Å²) in [5.74, 6) is 1.67. The Kier molecular flexibility index (Phi) is 5.33. The fraction of sp³-hybridized carbons (Fsp3) is 0.0870. The second kappa shape index (κ2) is 8.39. The number of nitrogens with zero attached hydrogens (tertiary/aromatic N) is 3. The van der Waals surface area contributed by atoms with E-state index in [2.05, 4.69) is 15.5 Å². The molecule has 0 saturated carbocycles. The van der Waals surface area contributed by atoms with E-state index in [4.69, 9.17) is 4.74 Å². The van der Waals surface area contributed by atoms with Gasteiger partial charge in [0.1, 0.15) is 5.75 Å². The maximum atomic E-state index is 12.2. The van der Waals surface area contributed by atoms with Crippen LogP contribution in [0.1, 0.15) is 11.1 Å². The van der Waals surface area contributed by atoms with Gasteiger partial charge in [-0.25, -0.2) is 0 Å². The average Bonchev–Trinajstić information content (AvgIpc) is 3.25. The Morgan fingerprint density at radius 3 is 2.45 bits per heavy atom. The maximum absolute atomic E-state index is 12.2. The van der Waals surface area contributed by atoms with Crippen molar-refractivity contribution < 1.29 is 9.53 Å². The molecule has 0 aliphatic heterocycles. The molecule has 1 N–H and O–H groups in total. The first-order valence-corrected chi connectivity index (χ1v) is 9.26. The number of aryl methyl sites for hydroxylation is 1. The fourth-order valence-electron chi connectivity index (χ4n) is 2.93. The van der Waals surface area contributed by atoms with E-state index in [1.54, 1.807) is 30.3 Å². The summed E-state index contributed by atoms with van der Waals surface area (Å²) in [6.45, 7) is 2.01. The van der Waals surface area contributed by atoms with Gasteiger partial charge in [-0.2, -0.15) is 0 Å². The number of anilines is 1. The molecule has 1 amide bonds. The number of amides is 1. The van der Waals surface area contributed by atoms with Gasteiger partial charge in [0.15, 0.2) is 5.82 Å². The molecule has 6 heteroatoms. The number of rotatable bonds is 6. The van der Waals surface area contributed by atoms with Gasteiger partial charge in [-0.3, -0.25) is 4.79 Å². The van der Waals surface area contributed by atoms with Crippen LogP contribution in [0.3, 0.4) is 0 Å². The molecule has 4 aromatic rings. The predicted octanol–water partition coefficient (Wildman–Crippen LogP) is 4.55. The van der Waals surface area contributed by atoms with Crippen molar-refractivity contribution in [3.63, 3.8) is 0 Å². The molecule has 6 nitrogen and oxygen atoms in total. The summed E-state index contributed by atoms with van der Waals surface area (Å²) in [5, 5.41) is 11.1. The molecule has 0 atom stereocenters. The molecule has 0 spiro atoms. The van der Waals surface area contributed by atoms with Crippen LogP contribution < -0.4 is 10.1 Å². The molecular weight excluding hydrogens is 364 g/mol. The second-order valence-electron chi connectivity index (χ2n) is 6.66. The Morgan fingerprint density at radius 1 is 0.966 bits per heavy atom. The van der Waals surface area contributed by atoms with Crippen molar-refractivity contribution in [1.82, 2.24) is 14.8 Å². The van der Waals surface area contributed by atoms with E-state index in [-0.39, 0.29) is 5.91 Å². The lowest BCUT2D eigenvalue weighted by atomic mass is 10.1. The highest BCUT2D eigenvalue weighted by atomic mass is 16.5. The van der Waals surface area contributed by atoms with Crippen LogP contribution >= 0.6 is 0 Å². The molecule has 2 aromatic carbocycles. The topological polar surface area (TPSA) is 69.0 Å². The molecule has 2 heterocycles. The summed E-state index contributed by atoms with van der Waals surface area (Å²) in [5.41, 5.74) is 2.84. The molecule has 0 unspecified atom stereocenters. The Morgan fingerprint density at radius 2 is 1.76 bits per heavy atom. The van der Waals surface area contributed by atoms with E-state index in [1.165, 1.54) is 0 Å². The van der Waals surface area contributed by atoms with Crippen LogP contribution in [0.25, 0.3) is 5.82 Å². The van der Waals surface area contributed by atoms with Crippen LogP contribution in [0.15, 0.2) is 85.2 Å². The number of carbonyl (C=O) groups excluding carboxylic acids is 1. The first-order valence-electron chi connectivity index (χ1n) is 9.26. The Balaban J connectivity index is 1.34. The zero-order valence-electron chi connectivity index (χ0n) is 15.9. The van der Waals surface area contributed by atoms with E-state index in [1.807, 2.05) is 66.3 Å². The minimum Gasteiger partial charge on any atom is -0.438 e. The summed E-state index contributed by atoms with van der Waals surface area (Å²) in [6, 6.07) is 22.5. The summed E-state index contributed by atoms with van der Waals surface area (Å²) in [7, 11) is 0. The van der Waals surface area contributed by atoms with E-state index >= 15 is 0 Å². The lowest BCUT2D eigenvalue weighted by Crippen LogP contribution is -2.14. The number of nitrogens with one attached hydrogen (secondary N) is 1. The molecule has 2 aromatic heterocycles. The number of hydrogen-bond donors (Lipinski definition) is 1. The normalized spacial score (nSPS) is 10.5. The standard InChI is InChI=1S/C23H20N4O2/c1-17-5-4-6-18(15-17)16-22(28)24-19-7-9-20(10-8-19)29-23-12-11-21(25-26-23)27-13-2-3-14-27/h2-15H,16H2,1H3,(H,24,28). The summed E-state index contributed by atoms with van der Waals surface area (Å²) >= 11 is 0. The highest BCUT2D eigenvalue weighted by molar-refractivity contribution is 5.92. The van der Waals surface area contributed by atoms with Crippen LogP contribution in [-0.4, -0.2) is 20.7 Å². The molecule has 0 radical (unpaired) electrons. The first-order chi connectivity index (χ1) is 14.2. The lowest BCUT2D eigenvalue weighted by molar-refractivity contribution is -0.115. The lowest BCUT2D eigenvalue weighted by Gasteiger charge is -2.08. The molecular formula is C23H20N4O2. The molecule has 144 valence electrons. The first kappa shape index (κ1) is 18.4. The minimum absolute atomic E-state index is 0.0595. The van der Waals surface area contributed by atoms with Gasteiger partial charge >= 0.3 is 0 Å². The molecule has 0 fully saturated rings. The van der Waals surface area contributed by atoms with Crippen LogP contribution in [0.4, 0.5) is 5.69 Å². The molecule has 4 rings (SSSR count). The van der Waals surface area contributed by atoms with Crippen LogP contribution in [0.2, 0.25) is 0 Å². The van der Waals surface area contributed by atoms with Gasteiger partial charge in [0.2, 0.25) is 11.8 Å². The number of ether oxygens (including phenoxy) is 1. The maximum Gasteiger partial charge on any atom is 0.238 e. The van der Waals surface area contributed by atoms with Gasteiger partial charge in [0, 0.05) is 24.1 Å². The van der Waals surface area contributed by atoms with Gasteiger partial charge in [-0.05, 0) is 55.0 Å². The SMILES string of the molecule is Cc1cccc(CC(=O)Nc2ccc(Oc3ccc(-n4cccc4)nn3)cc2)c1. The number of carbonyl (C=O) groups is 1. The molecule has 0 aliphatic carbocycles. The third-order valence-corrected chi connectivity index (χ3v) is 4.30. The highest BCUT2D eigenvalue weighted by Gasteiger charge is 2.06. The Labute approximate surface area is 168 Å². The quantitative estimate of drug-likeness (QED) is 0.529. The summed E-state index contributed by atoms with van der Waals surface area (Å²) < 4.78 is 7.59. The number of aromatic nitrogens is 3. The van der Waals surface area contributed by atoms with Crippen molar-refractivity contribution in [3.8, 4) is 17.4 Å². The van der Waals surface area contributed by atoms with Crippen molar-refractivity contribution in [1.29, 1.82) is 0 Å². The van der Waals surface area contributed by atoms with Crippen LogP contribution in [0.5, 0.6) is 11.6 Å². The van der Waals surface area contributed by atoms with Crippen molar-refractivity contribution >= 4 is 11.6 Å². The van der Waals surface area contributed by atoms with Crippen molar-refractivity contribution in [2.75, 3.05) is 5.32 Å². The Bertz CT molecular complexity index is 1090. The second-order valence-corrected chi connectivity index (χ2v) is 6.66. The van der Waals surface area contributed by atoms with Gasteiger partial charge in [0.05, 0.1) is 6.42 Å². The summed E-state index contributed by atoms with van der Waals surface area (Å²) in [4.78, 5) is 12.2. The average molecular weight is 384 g/mol. The van der Waals surface area contributed by atoms with Crippen LogP contribution in [0, 0.1) is 6.92 Å². The van der Waals surface area contributed by atoms with Gasteiger partial charge < -0.3 is 14.6 Å². The zero-order chi connectivity index (χ0) is 20.1. The van der Waals surface area contributed by atoms with Crippen molar-refractivity contribution in [3.05, 3.63) is 96.3 Å². The molecule has 0 aliphatic rings. The molecule has 0 bridgehead atoms. The van der Waals surface area contributed by atoms with E-state index < -0.39 is 0 Å². The van der Waals surface area contributed by atoms with Gasteiger partial charge in [0.25, 0.3) is 0 Å². The molecule has 29 heavy (non-hydrogen) atoms. The summed E-state index contributed by atoms with van der Waals surface area (Å²) in [6.07, 6.45) is 4.14. The van der Waals surface area contributed by atoms with E-state index in [9.17, 15) is 4.79 Å². The third-order valence-electron chi connectivity index (χ3n) is 4.30. The number of benzene rings is 2. The van der Waals surface area contributed by atoms with E-state index in [0.29, 0.717) is 29.6 Å². The third kappa shape index (κ3) is 4.87. The van der Waals surface area contributed by atoms with E-state index in [0.717, 1.165) is 11.1 Å². The van der Waals surface area contributed by atoms with Crippen molar-refractivity contribution in [2.24, 2.45) is 0 Å². The van der Waals surface area contributed by atoms with Crippen LogP contribution in [-0.2, 0) is 11.2 Å². The smallest absolute Gasteiger partial charge is 0.238 e. The van der Waals surface area contributed by atoms with Crippen molar-refractivity contribution in [2.45, 2.75) is 13.3 Å². The Hall–Kier alpha value is -3.93. The fourth-order valence-corrected chi connectivity index (χ4v) is 2.93. The van der Waals surface area contributed by atoms with Gasteiger partial charge in [-0.1, -0.05) is 29.8 Å². The predicted molar refractivity (Wildman–Crippen MR) is 111 cm³/mol. The van der Waals surface area contributed by atoms with Gasteiger partial charge in [-0.15, -0.1) is 10.2 Å². The largest absolute Gasteiger partial charge is 0.438 e. The monoisotopic (exact) mass is 384 g/mol. The number of hydrogen-bond acceptors (Lipinski definition) is 4. The highest BCUT2D eigenvalue weighted by Crippen LogP contribution is 2.21. The zero-order valence-corrected chi connectivity index (χ0v) is 15.9. The molecule has 0 saturated heterocycles. The minimum atomic E-state index is -0.0595.